The molecule has 0 aromatic heterocycles. The quantitative estimate of drug-likeness (QED) is 0.768. The van der Waals surface area contributed by atoms with Crippen LogP contribution in [0.4, 0.5) is 0 Å². The van der Waals surface area contributed by atoms with E-state index in [9.17, 15) is 4.79 Å². The summed E-state index contributed by atoms with van der Waals surface area (Å²) in [4.78, 5) is 11.6. The number of nitrogens with one attached hydrogen (secondary N) is 2. The molecule has 1 aliphatic rings. The first-order valence-corrected chi connectivity index (χ1v) is 5.34. The van der Waals surface area contributed by atoms with Crippen molar-refractivity contribution < 1.29 is 4.79 Å². The van der Waals surface area contributed by atoms with Gasteiger partial charge < -0.3 is 10.6 Å². The van der Waals surface area contributed by atoms with Gasteiger partial charge in [0, 0.05) is 18.2 Å². The molecule has 0 aliphatic carbocycles. The first kappa shape index (κ1) is 10.2. The van der Waals surface area contributed by atoms with Crippen molar-refractivity contribution in [2.24, 2.45) is 0 Å². The topological polar surface area (TPSA) is 41.1 Å². The molecule has 1 heterocycles. The third-order valence-corrected chi connectivity index (χ3v) is 2.65. The van der Waals surface area contributed by atoms with Gasteiger partial charge >= 0.3 is 0 Å². The average molecular weight is 203 g/mol. The van der Waals surface area contributed by atoms with Crippen LogP contribution in [-0.2, 0) is 0 Å². The van der Waals surface area contributed by atoms with E-state index in [0.29, 0.717) is 11.6 Å². The van der Waals surface area contributed by atoms with Crippen molar-refractivity contribution in [1.82, 2.24) is 10.6 Å². The van der Waals surface area contributed by atoms with Crippen molar-refractivity contribution in [2.45, 2.75) is 18.9 Å². The summed E-state index contributed by atoms with van der Waals surface area (Å²) in [5.74, 6) is -0.00213. The van der Waals surface area contributed by atoms with Crippen LogP contribution < -0.4 is 10.6 Å². The van der Waals surface area contributed by atoms with Crippen molar-refractivity contribution in [1.29, 1.82) is 0 Å². The molecule has 0 spiro atoms. The fraction of sp³-hybridized carbons (Fsp3) is 0.417. The Balaban J connectivity index is 1.82. The smallest absolute Gasteiger partial charge is 0.251 e. The van der Waals surface area contributed by atoms with Gasteiger partial charge in [-0.3, -0.25) is 4.79 Å². The van der Waals surface area contributed by atoms with Gasteiger partial charge in [0.1, 0.15) is 0 Å². The van der Waals surface area contributed by atoms with Crippen LogP contribution in [0.3, 0.4) is 0 Å². The molecule has 1 amide bonds. The maximum Gasteiger partial charge on any atom is 0.251 e. The molecule has 15 heavy (non-hydrogen) atoms. The van der Waals surface area contributed by atoms with Gasteiger partial charge in [0.2, 0.25) is 0 Å². The van der Waals surface area contributed by atoms with Crippen LogP contribution in [0.5, 0.6) is 0 Å². The lowest BCUT2D eigenvalue weighted by atomic mass is 10.2. The number of carbonyl (C=O) groups is 1. The molecule has 1 atom stereocenters. The highest BCUT2D eigenvalue weighted by Gasteiger charge is 2.14. The molecule has 79 valence electrons. The number of carbonyl (C=O) groups excluding carboxylic acids is 1. The van der Waals surface area contributed by atoms with Gasteiger partial charge in [-0.05, 0) is 37.6 Å². The van der Waals surface area contributed by atoms with Crippen LogP contribution in [0.1, 0.15) is 23.2 Å². The summed E-state index contributed by atoms with van der Waals surface area (Å²) in [5, 5.41) is 6.27. The van der Waals surface area contributed by atoms with E-state index in [4.69, 9.17) is 0 Å². The molecule has 2 rings (SSSR count). The Bertz CT molecular complexity index is 318. The highest BCUT2D eigenvalue weighted by Crippen LogP contribution is 2.04. The van der Waals surface area contributed by atoms with Crippen LogP contribution in [0.25, 0.3) is 0 Å². The Hall–Kier alpha value is -1.35. The number of hydrogen-bond acceptors (Lipinski definition) is 2. The van der Waals surface area contributed by atoms with E-state index in [1.54, 1.807) is 24.3 Å². The predicted octanol–water partition coefficient (Wildman–Crippen LogP) is 0.969. The van der Waals surface area contributed by atoms with Crippen molar-refractivity contribution in [3.8, 4) is 0 Å². The Labute approximate surface area is 89.9 Å². The first-order chi connectivity index (χ1) is 7.36. The fourth-order valence-corrected chi connectivity index (χ4v) is 1.79. The van der Waals surface area contributed by atoms with Gasteiger partial charge in [-0.1, -0.05) is 12.1 Å². The van der Waals surface area contributed by atoms with Gasteiger partial charge in [0.05, 0.1) is 0 Å². The maximum atomic E-state index is 11.6. The number of amides is 1. The van der Waals surface area contributed by atoms with Crippen molar-refractivity contribution in [3.63, 3.8) is 0 Å². The molecule has 0 bridgehead atoms. The zero-order valence-corrected chi connectivity index (χ0v) is 8.62. The minimum atomic E-state index is -0.00213. The zero-order chi connectivity index (χ0) is 10.5. The Kier molecular flexibility index (Phi) is 3.35. The second-order valence-electron chi connectivity index (χ2n) is 3.79. The van der Waals surface area contributed by atoms with Gasteiger partial charge in [0.25, 0.3) is 5.91 Å². The largest absolute Gasteiger partial charge is 0.350 e. The SMILES string of the molecule is O=C(NCC1CCCN1)c1cc[c]cc1. The second-order valence-corrected chi connectivity index (χ2v) is 3.79. The number of rotatable bonds is 3. The lowest BCUT2D eigenvalue weighted by molar-refractivity contribution is 0.0950. The summed E-state index contributed by atoms with van der Waals surface area (Å²) in [6, 6.07) is 10.4. The van der Waals surface area contributed by atoms with Gasteiger partial charge in [0.15, 0.2) is 0 Å². The molecular formula is C12H15N2O. The first-order valence-electron chi connectivity index (χ1n) is 5.34. The maximum absolute atomic E-state index is 11.6. The Morgan fingerprint density at radius 2 is 2.33 bits per heavy atom. The summed E-state index contributed by atoms with van der Waals surface area (Å²) < 4.78 is 0. The summed E-state index contributed by atoms with van der Waals surface area (Å²) in [5.41, 5.74) is 0.701. The Morgan fingerprint density at radius 3 is 3.00 bits per heavy atom. The summed E-state index contributed by atoms with van der Waals surface area (Å²) in [6.45, 7) is 1.79. The second kappa shape index (κ2) is 4.94. The molecular weight excluding hydrogens is 188 g/mol. The summed E-state index contributed by atoms with van der Waals surface area (Å²) in [6.07, 6.45) is 2.36. The lowest BCUT2D eigenvalue weighted by Crippen LogP contribution is -2.37. The van der Waals surface area contributed by atoms with E-state index in [0.717, 1.165) is 19.5 Å². The van der Waals surface area contributed by atoms with Crippen LogP contribution >= 0.6 is 0 Å². The molecule has 1 aliphatic heterocycles. The van der Waals surface area contributed by atoms with Crippen LogP contribution in [0, 0.1) is 6.07 Å². The molecule has 3 nitrogen and oxygen atoms in total. The van der Waals surface area contributed by atoms with Crippen LogP contribution in [0.15, 0.2) is 24.3 Å². The van der Waals surface area contributed by atoms with E-state index >= 15 is 0 Å². The van der Waals surface area contributed by atoms with E-state index in [1.807, 2.05) is 0 Å². The predicted molar refractivity (Wildman–Crippen MR) is 58.6 cm³/mol. The van der Waals surface area contributed by atoms with Crippen molar-refractivity contribution in [2.75, 3.05) is 13.1 Å². The molecule has 2 N–H and O–H groups in total. The zero-order valence-electron chi connectivity index (χ0n) is 8.62. The molecule has 1 aromatic rings. The van der Waals surface area contributed by atoms with Crippen molar-refractivity contribution >= 4 is 5.91 Å². The van der Waals surface area contributed by atoms with E-state index in [1.165, 1.54) is 6.42 Å². The standard InChI is InChI=1S/C12H15N2O/c15-12(10-5-2-1-3-6-10)14-9-11-7-4-8-13-11/h2-3,5-6,11,13H,4,7-9H2,(H,14,15). The normalized spacial score (nSPS) is 20.1. The Morgan fingerprint density at radius 1 is 1.53 bits per heavy atom. The van der Waals surface area contributed by atoms with Gasteiger partial charge in [-0.15, -0.1) is 0 Å². The molecule has 1 fully saturated rings. The number of hydrogen-bond donors (Lipinski definition) is 2. The average Bonchev–Trinajstić information content (AvgIpc) is 2.80. The molecule has 1 aromatic carbocycles. The molecule has 0 saturated carbocycles. The fourth-order valence-electron chi connectivity index (χ4n) is 1.79. The lowest BCUT2D eigenvalue weighted by Gasteiger charge is -2.11. The van der Waals surface area contributed by atoms with Crippen molar-refractivity contribution in [3.05, 3.63) is 35.9 Å². The third kappa shape index (κ3) is 2.80. The molecule has 1 radical (unpaired) electrons. The minimum absolute atomic E-state index is 0.00213. The van der Waals surface area contributed by atoms with Gasteiger partial charge in [-0.25, -0.2) is 0 Å². The summed E-state index contributed by atoms with van der Waals surface area (Å²) >= 11 is 0. The monoisotopic (exact) mass is 203 g/mol. The highest BCUT2D eigenvalue weighted by atomic mass is 16.1. The highest BCUT2D eigenvalue weighted by molar-refractivity contribution is 5.94. The van der Waals surface area contributed by atoms with Gasteiger partial charge in [-0.2, -0.15) is 0 Å². The molecule has 1 unspecified atom stereocenters. The minimum Gasteiger partial charge on any atom is -0.350 e. The van der Waals surface area contributed by atoms with E-state index < -0.39 is 0 Å². The number of benzene rings is 1. The van der Waals surface area contributed by atoms with E-state index in [2.05, 4.69) is 16.7 Å². The third-order valence-electron chi connectivity index (χ3n) is 2.65. The van der Waals surface area contributed by atoms with Crippen LogP contribution in [-0.4, -0.2) is 25.0 Å². The molecule has 3 heteroatoms. The summed E-state index contributed by atoms with van der Waals surface area (Å²) in [7, 11) is 0. The molecule has 1 saturated heterocycles. The van der Waals surface area contributed by atoms with E-state index in [-0.39, 0.29) is 5.91 Å². The van der Waals surface area contributed by atoms with Crippen LogP contribution in [0.2, 0.25) is 0 Å².